The zero-order valence-electron chi connectivity index (χ0n) is 12.9. The lowest BCUT2D eigenvalue weighted by Crippen LogP contribution is -2.45. The molecule has 5 heteroatoms. The van der Waals surface area contributed by atoms with Gasteiger partial charge in [-0.1, -0.05) is 19.8 Å². The first-order chi connectivity index (χ1) is 10.1. The van der Waals surface area contributed by atoms with Crippen molar-refractivity contribution in [2.45, 2.75) is 45.1 Å². The van der Waals surface area contributed by atoms with Crippen LogP contribution in [-0.2, 0) is 0 Å². The van der Waals surface area contributed by atoms with Crippen LogP contribution < -0.4 is 10.6 Å². The van der Waals surface area contributed by atoms with Gasteiger partial charge in [-0.05, 0) is 37.8 Å². The maximum Gasteiger partial charge on any atom is 0.269 e. The molecule has 1 heterocycles. The molecular weight excluding hydrogens is 266 g/mol. The molecule has 1 amide bonds. The number of anilines is 1. The average Bonchev–Trinajstić information content (AvgIpc) is 2.48. The number of amides is 1. The Labute approximate surface area is 126 Å². The summed E-state index contributed by atoms with van der Waals surface area (Å²) in [5, 5.41) is 16.0. The Morgan fingerprint density at radius 3 is 3.05 bits per heavy atom. The maximum atomic E-state index is 11.8. The van der Waals surface area contributed by atoms with Crippen LogP contribution in [0.1, 0.15) is 50.0 Å². The van der Waals surface area contributed by atoms with Gasteiger partial charge in [0, 0.05) is 18.4 Å². The molecule has 2 atom stereocenters. The van der Waals surface area contributed by atoms with Crippen LogP contribution in [0.15, 0.2) is 18.3 Å². The van der Waals surface area contributed by atoms with E-state index in [0.29, 0.717) is 18.2 Å². The molecule has 0 saturated heterocycles. The lowest BCUT2D eigenvalue weighted by molar-refractivity contribution is 0.0951. The number of nitrogens with zero attached hydrogens (tertiary/aromatic N) is 1. The van der Waals surface area contributed by atoms with Crippen molar-refractivity contribution in [3.05, 3.63) is 24.0 Å². The normalized spacial score (nSPS) is 25.4. The van der Waals surface area contributed by atoms with Gasteiger partial charge in [0.1, 0.15) is 5.69 Å². The first kappa shape index (κ1) is 15.8. The number of nitrogens with one attached hydrogen (secondary N) is 2. The number of aliphatic hydroxyl groups excluding tert-OH is 1. The van der Waals surface area contributed by atoms with Gasteiger partial charge in [0.2, 0.25) is 0 Å². The molecule has 1 aromatic heterocycles. The second kappa shape index (κ2) is 6.89. The van der Waals surface area contributed by atoms with E-state index in [9.17, 15) is 9.90 Å². The van der Waals surface area contributed by atoms with Crippen molar-refractivity contribution in [3.8, 4) is 0 Å². The second-order valence-corrected chi connectivity index (χ2v) is 6.05. The maximum absolute atomic E-state index is 11.8. The molecule has 1 fully saturated rings. The van der Waals surface area contributed by atoms with Crippen molar-refractivity contribution in [1.82, 2.24) is 10.3 Å². The molecule has 5 nitrogen and oxygen atoms in total. The van der Waals surface area contributed by atoms with Gasteiger partial charge >= 0.3 is 0 Å². The van der Waals surface area contributed by atoms with Gasteiger partial charge in [0.15, 0.2) is 0 Å². The summed E-state index contributed by atoms with van der Waals surface area (Å²) >= 11 is 0. The molecule has 1 aliphatic rings. The Kier molecular flexibility index (Phi) is 5.17. The van der Waals surface area contributed by atoms with Crippen LogP contribution in [0.2, 0.25) is 0 Å². The molecule has 116 valence electrons. The molecule has 0 bridgehead atoms. The van der Waals surface area contributed by atoms with Crippen LogP contribution >= 0.6 is 0 Å². The highest BCUT2D eigenvalue weighted by atomic mass is 16.3. The van der Waals surface area contributed by atoms with E-state index in [1.54, 1.807) is 12.3 Å². The highest BCUT2D eigenvalue weighted by Crippen LogP contribution is 2.34. The fourth-order valence-corrected chi connectivity index (χ4v) is 3.15. The summed E-state index contributed by atoms with van der Waals surface area (Å²) in [4.78, 5) is 15.9. The van der Waals surface area contributed by atoms with Crippen molar-refractivity contribution in [1.29, 1.82) is 0 Å². The standard InChI is InChI=1S/C16H25N3O2/c1-3-17-15(21)14-9-13(6-8-18-14)19-16(11-20)7-4-5-12(2)10-16/h6,8-9,12,20H,3-5,7,10-11H2,1-2H3,(H,17,21)(H,18,19). The van der Waals surface area contributed by atoms with Crippen LogP contribution in [0.3, 0.4) is 0 Å². The fourth-order valence-electron chi connectivity index (χ4n) is 3.15. The Morgan fingerprint density at radius 1 is 1.57 bits per heavy atom. The Hall–Kier alpha value is -1.62. The largest absolute Gasteiger partial charge is 0.394 e. The van der Waals surface area contributed by atoms with E-state index < -0.39 is 0 Å². The summed E-state index contributed by atoms with van der Waals surface area (Å²) in [6, 6.07) is 3.60. The van der Waals surface area contributed by atoms with Gasteiger partial charge in [-0.3, -0.25) is 9.78 Å². The molecule has 21 heavy (non-hydrogen) atoms. The summed E-state index contributed by atoms with van der Waals surface area (Å²) in [7, 11) is 0. The summed E-state index contributed by atoms with van der Waals surface area (Å²) in [5.41, 5.74) is 0.963. The minimum Gasteiger partial charge on any atom is -0.394 e. The molecular formula is C16H25N3O2. The van der Waals surface area contributed by atoms with Gasteiger partial charge in [-0.15, -0.1) is 0 Å². The van der Waals surface area contributed by atoms with Crippen LogP contribution in [0.4, 0.5) is 5.69 Å². The third-order valence-electron chi connectivity index (χ3n) is 4.13. The molecule has 0 aromatic carbocycles. The molecule has 0 spiro atoms. The summed E-state index contributed by atoms with van der Waals surface area (Å²) in [6.07, 6.45) is 5.85. The molecule has 2 unspecified atom stereocenters. The summed E-state index contributed by atoms with van der Waals surface area (Å²) in [5.74, 6) is 0.430. The van der Waals surface area contributed by atoms with Gasteiger partial charge in [-0.2, -0.15) is 0 Å². The first-order valence-electron chi connectivity index (χ1n) is 7.72. The predicted molar refractivity (Wildman–Crippen MR) is 83.3 cm³/mol. The van der Waals surface area contributed by atoms with E-state index in [2.05, 4.69) is 22.5 Å². The fraction of sp³-hybridized carbons (Fsp3) is 0.625. The Morgan fingerprint density at radius 2 is 2.38 bits per heavy atom. The topological polar surface area (TPSA) is 74.2 Å². The van der Waals surface area contributed by atoms with Crippen molar-refractivity contribution < 1.29 is 9.90 Å². The van der Waals surface area contributed by atoms with Crippen molar-refractivity contribution >= 4 is 11.6 Å². The van der Waals surface area contributed by atoms with E-state index in [0.717, 1.165) is 24.9 Å². The quantitative estimate of drug-likeness (QED) is 0.777. The SMILES string of the molecule is CCNC(=O)c1cc(NC2(CO)CCCC(C)C2)ccn1. The number of hydrogen-bond acceptors (Lipinski definition) is 4. The van der Waals surface area contributed by atoms with Crippen molar-refractivity contribution in [3.63, 3.8) is 0 Å². The average molecular weight is 291 g/mol. The number of carbonyl (C=O) groups is 1. The first-order valence-corrected chi connectivity index (χ1v) is 7.72. The minimum atomic E-state index is -0.280. The monoisotopic (exact) mass is 291 g/mol. The summed E-state index contributed by atoms with van der Waals surface area (Å²) in [6.45, 7) is 4.79. The number of carbonyl (C=O) groups excluding carboxylic acids is 1. The molecule has 0 aliphatic heterocycles. The number of rotatable bonds is 5. The Balaban J connectivity index is 2.14. The molecule has 0 radical (unpaired) electrons. The van der Waals surface area contributed by atoms with E-state index >= 15 is 0 Å². The van der Waals surface area contributed by atoms with E-state index in [-0.39, 0.29) is 18.1 Å². The van der Waals surface area contributed by atoms with Gasteiger partial charge in [0.25, 0.3) is 5.91 Å². The number of aliphatic hydroxyl groups is 1. The number of aromatic nitrogens is 1. The third kappa shape index (κ3) is 3.94. The molecule has 1 aromatic rings. The van der Waals surface area contributed by atoms with Gasteiger partial charge in [-0.25, -0.2) is 0 Å². The molecule has 1 aliphatic carbocycles. The van der Waals surface area contributed by atoms with E-state index in [1.165, 1.54) is 6.42 Å². The zero-order valence-corrected chi connectivity index (χ0v) is 12.9. The molecule has 2 rings (SSSR count). The minimum absolute atomic E-state index is 0.107. The van der Waals surface area contributed by atoms with Crippen LogP contribution in [0.25, 0.3) is 0 Å². The lowest BCUT2D eigenvalue weighted by Gasteiger charge is -2.40. The third-order valence-corrected chi connectivity index (χ3v) is 4.13. The lowest BCUT2D eigenvalue weighted by atomic mass is 9.76. The van der Waals surface area contributed by atoms with Crippen LogP contribution in [0, 0.1) is 5.92 Å². The van der Waals surface area contributed by atoms with Gasteiger partial charge < -0.3 is 15.7 Å². The Bertz CT molecular complexity index is 492. The van der Waals surface area contributed by atoms with Crippen molar-refractivity contribution in [2.24, 2.45) is 5.92 Å². The van der Waals surface area contributed by atoms with Crippen LogP contribution in [0.5, 0.6) is 0 Å². The van der Waals surface area contributed by atoms with Crippen molar-refractivity contribution in [2.75, 3.05) is 18.5 Å². The smallest absolute Gasteiger partial charge is 0.269 e. The summed E-state index contributed by atoms with van der Waals surface area (Å²) < 4.78 is 0. The molecule has 1 saturated carbocycles. The van der Waals surface area contributed by atoms with Gasteiger partial charge in [0.05, 0.1) is 12.1 Å². The highest BCUT2D eigenvalue weighted by Gasteiger charge is 2.34. The second-order valence-electron chi connectivity index (χ2n) is 6.05. The van der Waals surface area contributed by atoms with E-state index in [1.807, 2.05) is 13.0 Å². The predicted octanol–water partition coefficient (Wildman–Crippen LogP) is 2.18. The van der Waals surface area contributed by atoms with E-state index in [4.69, 9.17) is 0 Å². The van der Waals surface area contributed by atoms with Crippen LogP contribution in [-0.4, -0.2) is 34.7 Å². The number of pyridine rings is 1. The zero-order chi connectivity index (χ0) is 15.3. The number of hydrogen-bond donors (Lipinski definition) is 3. The highest BCUT2D eigenvalue weighted by molar-refractivity contribution is 5.93. The molecule has 3 N–H and O–H groups in total.